The summed E-state index contributed by atoms with van der Waals surface area (Å²) in [6.45, 7) is 12.4. The molecule has 0 aliphatic rings. The zero-order valence-corrected chi connectivity index (χ0v) is 23.4. The lowest BCUT2D eigenvalue weighted by Crippen LogP contribution is -2.19. The van der Waals surface area contributed by atoms with E-state index in [9.17, 15) is 18.4 Å². The normalized spacial score (nSPS) is 12.2. The second-order valence-corrected chi connectivity index (χ2v) is 9.79. The molecular formula is C35H36F2O3. The molecule has 0 heterocycles. The molecule has 3 aromatic carbocycles. The molecule has 0 radical (unpaired) electrons. The Morgan fingerprint density at radius 3 is 2.27 bits per heavy atom. The van der Waals surface area contributed by atoms with Crippen molar-refractivity contribution < 1.29 is 23.1 Å². The summed E-state index contributed by atoms with van der Waals surface area (Å²) in [6, 6.07) is 17.5. The molecule has 1 unspecified atom stereocenters. The van der Waals surface area contributed by atoms with Crippen LogP contribution in [0.1, 0.15) is 83.3 Å². The zero-order chi connectivity index (χ0) is 29.3. The first kappa shape index (κ1) is 30.4. The molecule has 1 atom stereocenters. The van der Waals surface area contributed by atoms with Gasteiger partial charge in [0.05, 0.1) is 0 Å². The number of ether oxygens (including phenoxy) is 1. The first-order valence-electron chi connectivity index (χ1n) is 13.5. The van der Waals surface area contributed by atoms with Crippen LogP contribution in [-0.2, 0) is 17.6 Å². The molecule has 3 nitrogen and oxygen atoms in total. The van der Waals surface area contributed by atoms with E-state index in [1.807, 2.05) is 56.3 Å². The first-order chi connectivity index (χ1) is 19.1. The summed E-state index contributed by atoms with van der Waals surface area (Å²) in [5.41, 5.74) is 5.48. The lowest BCUT2D eigenvalue weighted by molar-refractivity contribution is -0.159. The van der Waals surface area contributed by atoms with Crippen LogP contribution < -0.4 is 4.74 Å². The number of hydrogen-bond donors (Lipinski definition) is 0. The molecule has 3 aromatic rings. The second kappa shape index (κ2) is 13.8. The first-order valence-corrected chi connectivity index (χ1v) is 13.5. The molecule has 3 rings (SSSR count). The number of allylic oxidation sites excluding steroid dienone is 1. The van der Waals surface area contributed by atoms with Crippen molar-refractivity contribution in [3.8, 4) is 5.75 Å². The van der Waals surface area contributed by atoms with Gasteiger partial charge in [-0.25, -0.2) is 0 Å². The van der Waals surface area contributed by atoms with Gasteiger partial charge in [0.1, 0.15) is 11.5 Å². The van der Waals surface area contributed by atoms with E-state index >= 15 is 0 Å². The molecule has 0 fully saturated rings. The lowest BCUT2D eigenvalue weighted by atomic mass is 9.86. The Labute approximate surface area is 235 Å². The van der Waals surface area contributed by atoms with Gasteiger partial charge in [0, 0.05) is 31.2 Å². The smallest absolute Gasteiger partial charge is 0.394 e. The Morgan fingerprint density at radius 2 is 1.62 bits per heavy atom. The highest BCUT2D eigenvalue weighted by atomic mass is 19.3. The molecular weight excluding hydrogens is 506 g/mol. The molecule has 0 aromatic heterocycles. The Balaban J connectivity index is 1.84. The maximum Gasteiger partial charge on any atom is 0.394 e. The molecule has 0 aliphatic heterocycles. The third kappa shape index (κ3) is 8.19. The highest BCUT2D eigenvalue weighted by Crippen LogP contribution is 2.27. The molecule has 0 saturated heterocycles. The van der Waals surface area contributed by atoms with Crippen LogP contribution in [0.3, 0.4) is 0 Å². The van der Waals surface area contributed by atoms with E-state index in [2.05, 4.69) is 17.9 Å². The quantitative estimate of drug-likeness (QED) is 0.191. The van der Waals surface area contributed by atoms with Crippen molar-refractivity contribution in [2.24, 2.45) is 0 Å². The zero-order valence-electron chi connectivity index (χ0n) is 23.4. The van der Waals surface area contributed by atoms with E-state index in [4.69, 9.17) is 0 Å². The van der Waals surface area contributed by atoms with Gasteiger partial charge in [-0.1, -0.05) is 99.8 Å². The predicted molar refractivity (Wildman–Crippen MR) is 160 cm³/mol. The van der Waals surface area contributed by atoms with Gasteiger partial charge in [0.15, 0.2) is 5.78 Å². The van der Waals surface area contributed by atoms with Crippen LogP contribution in [-0.4, -0.2) is 17.7 Å². The number of carbonyl (C=O) groups is 2. The van der Waals surface area contributed by atoms with E-state index in [0.29, 0.717) is 24.5 Å². The summed E-state index contributed by atoms with van der Waals surface area (Å²) >= 11 is 0. The number of Topliss-reactive ketones (excluding diaryl/α,β-unsaturated/α-hetero) is 2. The molecule has 5 heteroatoms. The van der Waals surface area contributed by atoms with Gasteiger partial charge in [0.2, 0.25) is 0 Å². The fourth-order valence-electron chi connectivity index (χ4n) is 4.71. The van der Waals surface area contributed by atoms with Crippen LogP contribution in [0.2, 0.25) is 0 Å². The number of rotatable bonds is 14. The standard InChI is InChI=1S/C35H36F2O3/c1-6-10-13-28-19-25(22-33(38)31(9-4)29-17-16-26(7-2)27(8-3)23-29)15-18-32(28)34(39)21-24-12-11-14-30(20-24)40-35(5,36)37/h7-8,10-20,23,31H,2-3,6,9,21-22H2,1,4-5H3/b13-10-. The topological polar surface area (TPSA) is 43.4 Å². The van der Waals surface area contributed by atoms with Gasteiger partial charge in [-0.3, -0.25) is 9.59 Å². The highest BCUT2D eigenvalue weighted by molar-refractivity contribution is 6.01. The molecule has 0 bridgehead atoms. The number of hydrogen-bond acceptors (Lipinski definition) is 3. The second-order valence-electron chi connectivity index (χ2n) is 9.79. The van der Waals surface area contributed by atoms with Crippen LogP contribution in [0, 0.1) is 0 Å². The Bertz CT molecular complexity index is 1410. The van der Waals surface area contributed by atoms with Crippen molar-refractivity contribution in [2.75, 3.05) is 0 Å². The van der Waals surface area contributed by atoms with Crippen LogP contribution >= 0.6 is 0 Å². The summed E-state index contributed by atoms with van der Waals surface area (Å²) in [4.78, 5) is 26.7. The van der Waals surface area contributed by atoms with Crippen LogP contribution in [0.25, 0.3) is 18.2 Å². The average molecular weight is 543 g/mol. The summed E-state index contributed by atoms with van der Waals surface area (Å²) in [6.07, 6.45) is 5.78. The van der Waals surface area contributed by atoms with Gasteiger partial charge in [-0.15, -0.1) is 0 Å². The molecule has 40 heavy (non-hydrogen) atoms. The van der Waals surface area contributed by atoms with E-state index in [-0.39, 0.29) is 36.1 Å². The third-order valence-electron chi connectivity index (χ3n) is 6.64. The van der Waals surface area contributed by atoms with Crippen LogP contribution in [0.5, 0.6) is 5.75 Å². The van der Waals surface area contributed by atoms with Crippen molar-refractivity contribution in [3.05, 3.63) is 119 Å². The largest absolute Gasteiger partial charge is 0.433 e. The van der Waals surface area contributed by atoms with Crippen LogP contribution in [0.4, 0.5) is 8.78 Å². The number of ketones is 2. The van der Waals surface area contributed by atoms with Gasteiger partial charge in [-0.2, -0.15) is 8.78 Å². The Kier molecular flexibility index (Phi) is 10.5. The number of benzene rings is 3. The number of alkyl halides is 2. The van der Waals surface area contributed by atoms with Crippen LogP contribution in [0.15, 0.2) is 79.9 Å². The van der Waals surface area contributed by atoms with E-state index in [1.54, 1.807) is 30.4 Å². The average Bonchev–Trinajstić information content (AvgIpc) is 2.91. The molecule has 0 aliphatic carbocycles. The monoisotopic (exact) mass is 542 g/mol. The lowest BCUT2D eigenvalue weighted by Gasteiger charge is -2.17. The number of halogens is 2. The minimum absolute atomic E-state index is 0.00239. The summed E-state index contributed by atoms with van der Waals surface area (Å²) in [5.74, 6) is -0.321. The van der Waals surface area contributed by atoms with Crippen molar-refractivity contribution in [3.63, 3.8) is 0 Å². The number of carbonyl (C=O) groups excluding carboxylic acids is 2. The van der Waals surface area contributed by atoms with Crippen molar-refractivity contribution in [2.45, 2.75) is 58.5 Å². The maximum atomic E-state index is 13.4. The molecule has 208 valence electrons. The van der Waals surface area contributed by atoms with Gasteiger partial charge < -0.3 is 4.74 Å². The fraction of sp³-hybridized carbons (Fsp3) is 0.257. The Morgan fingerprint density at radius 1 is 0.900 bits per heavy atom. The highest BCUT2D eigenvalue weighted by Gasteiger charge is 2.24. The predicted octanol–water partition coefficient (Wildman–Crippen LogP) is 9.12. The molecule has 0 N–H and O–H groups in total. The summed E-state index contributed by atoms with van der Waals surface area (Å²) < 4.78 is 31.2. The van der Waals surface area contributed by atoms with Crippen molar-refractivity contribution in [1.82, 2.24) is 0 Å². The third-order valence-corrected chi connectivity index (χ3v) is 6.64. The van der Waals surface area contributed by atoms with E-state index in [0.717, 1.165) is 34.2 Å². The maximum absolute atomic E-state index is 13.4. The SMILES string of the molecule is C=Cc1ccc(C(CC)C(=O)Cc2ccc(C(=O)Cc3cccc(OC(C)(F)F)c3)c(/C=C\CC)c2)cc1C=C. The van der Waals surface area contributed by atoms with Gasteiger partial charge in [-0.05, 0) is 58.4 Å². The van der Waals surface area contributed by atoms with Crippen molar-refractivity contribution in [1.29, 1.82) is 0 Å². The summed E-state index contributed by atoms with van der Waals surface area (Å²) in [5, 5.41) is 0. The van der Waals surface area contributed by atoms with Crippen molar-refractivity contribution >= 4 is 29.8 Å². The fourth-order valence-corrected chi connectivity index (χ4v) is 4.71. The molecule has 0 saturated carbocycles. The minimum Gasteiger partial charge on any atom is -0.433 e. The minimum atomic E-state index is -3.31. The Hall–Kier alpha value is -4.12. The molecule has 0 amide bonds. The van der Waals surface area contributed by atoms with Gasteiger partial charge >= 0.3 is 6.11 Å². The van der Waals surface area contributed by atoms with E-state index < -0.39 is 6.11 Å². The molecule has 0 spiro atoms. The van der Waals surface area contributed by atoms with E-state index in [1.165, 1.54) is 12.1 Å². The summed E-state index contributed by atoms with van der Waals surface area (Å²) in [7, 11) is 0. The van der Waals surface area contributed by atoms with Gasteiger partial charge in [0.25, 0.3) is 0 Å².